The van der Waals surface area contributed by atoms with Crippen LogP contribution in [0.1, 0.15) is 0 Å². The molecule has 80 valence electrons. The van der Waals surface area contributed by atoms with Gasteiger partial charge in [-0.3, -0.25) is 4.68 Å². The number of hydrogen-bond donors (Lipinski definition) is 1. The number of imidazole rings is 1. The minimum Gasteiger partial charge on any atom is -0.343 e. The number of aromatic nitrogens is 4. The van der Waals surface area contributed by atoms with Gasteiger partial charge in [-0.15, -0.1) is 0 Å². The van der Waals surface area contributed by atoms with Crippen LogP contribution in [-0.4, -0.2) is 19.7 Å². The highest BCUT2D eigenvalue weighted by molar-refractivity contribution is 6.36. The number of aromatic amines is 1. The second-order valence-corrected chi connectivity index (χ2v) is 3.95. The molecule has 0 fully saturated rings. The molecule has 0 unspecified atom stereocenters. The highest BCUT2D eigenvalue weighted by atomic mass is 35.5. The van der Waals surface area contributed by atoms with E-state index in [4.69, 9.17) is 11.6 Å². The molecule has 2 heterocycles. The third-order valence-corrected chi connectivity index (χ3v) is 2.86. The number of benzene rings is 1. The monoisotopic (exact) mass is 232 g/mol. The predicted octanol–water partition coefficient (Wildman–Crippen LogP) is 2.62. The minimum absolute atomic E-state index is 0.692. The Labute approximate surface area is 96.9 Å². The summed E-state index contributed by atoms with van der Waals surface area (Å²) in [5.74, 6) is 0.735. The van der Waals surface area contributed by atoms with Crippen LogP contribution in [0, 0.1) is 0 Å². The van der Waals surface area contributed by atoms with Crippen molar-refractivity contribution in [2.24, 2.45) is 7.05 Å². The van der Waals surface area contributed by atoms with Crippen molar-refractivity contribution in [1.82, 2.24) is 19.7 Å². The number of aryl methyl sites for hydroxylation is 1. The highest BCUT2D eigenvalue weighted by Crippen LogP contribution is 2.30. The summed E-state index contributed by atoms with van der Waals surface area (Å²) in [7, 11) is 1.89. The van der Waals surface area contributed by atoms with E-state index >= 15 is 0 Å². The summed E-state index contributed by atoms with van der Waals surface area (Å²) in [6.45, 7) is 0. The first kappa shape index (κ1) is 9.42. The molecular weight excluding hydrogens is 224 g/mol. The van der Waals surface area contributed by atoms with Crippen molar-refractivity contribution in [2.75, 3.05) is 0 Å². The highest BCUT2D eigenvalue weighted by Gasteiger charge is 2.14. The van der Waals surface area contributed by atoms with Gasteiger partial charge in [-0.1, -0.05) is 17.7 Å². The maximum Gasteiger partial charge on any atom is 0.158 e. The van der Waals surface area contributed by atoms with Crippen LogP contribution in [-0.2, 0) is 7.05 Å². The SMILES string of the molecule is Cn1nc(-c2ncc[nH]2)c2c(Cl)cccc21. The first-order chi connectivity index (χ1) is 7.77. The summed E-state index contributed by atoms with van der Waals surface area (Å²) in [6.07, 6.45) is 3.47. The van der Waals surface area contributed by atoms with Crippen LogP contribution in [0.3, 0.4) is 0 Å². The van der Waals surface area contributed by atoms with E-state index < -0.39 is 0 Å². The molecular formula is C11H9ClN4. The lowest BCUT2D eigenvalue weighted by Crippen LogP contribution is -1.89. The van der Waals surface area contributed by atoms with Gasteiger partial charge >= 0.3 is 0 Å². The molecule has 16 heavy (non-hydrogen) atoms. The Kier molecular flexibility index (Phi) is 1.97. The smallest absolute Gasteiger partial charge is 0.158 e. The first-order valence-electron chi connectivity index (χ1n) is 4.88. The molecule has 0 aliphatic rings. The van der Waals surface area contributed by atoms with E-state index in [1.54, 1.807) is 17.1 Å². The Morgan fingerprint density at radius 3 is 3.00 bits per heavy atom. The van der Waals surface area contributed by atoms with Gasteiger partial charge in [-0.25, -0.2) is 4.98 Å². The molecule has 0 saturated heterocycles. The van der Waals surface area contributed by atoms with E-state index in [0.717, 1.165) is 22.4 Å². The van der Waals surface area contributed by atoms with Crippen LogP contribution in [0.2, 0.25) is 5.02 Å². The normalized spacial score (nSPS) is 11.1. The Morgan fingerprint density at radius 1 is 1.38 bits per heavy atom. The van der Waals surface area contributed by atoms with E-state index in [9.17, 15) is 0 Å². The molecule has 0 radical (unpaired) electrons. The lowest BCUT2D eigenvalue weighted by atomic mass is 10.2. The van der Waals surface area contributed by atoms with Crippen LogP contribution in [0.4, 0.5) is 0 Å². The summed E-state index contributed by atoms with van der Waals surface area (Å²) < 4.78 is 1.80. The molecule has 3 aromatic rings. The van der Waals surface area contributed by atoms with Gasteiger partial charge in [-0.2, -0.15) is 5.10 Å². The fourth-order valence-corrected chi connectivity index (χ4v) is 2.09. The van der Waals surface area contributed by atoms with Gasteiger partial charge in [0, 0.05) is 24.8 Å². The maximum atomic E-state index is 6.20. The van der Waals surface area contributed by atoms with Crippen molar-refractivity contribution >= 4 is 22.5 Å². The fourth-order valence-electron chi connectivity index (χ4n) is 1.83. The Hall–Kier alpha value is -1.81. The third kappa shape index (κ3) is 1.23. The van der Waals surface area contributed by atoms with Gasteiger partial charge in [-0.05, 0) is 12.1 Å². The fraction of sp³-hybridized carbons (Fsp3) is 0.0909. The zero-order valence-electron chi connectivity index (χ0n) is 8.61. The van der Waals surface area contributed by atoms with E-state index in [-0.39, 0.29) is 0 Å². The minimum atomic E-state index is 0.692. The Morgan fingerprint density at radius 2 is 2.25 bits per heavy atom. The molecule has 5 heteroatoms. The largest absolute Gasteiger partial charge is 0.343 e. The molecule has 0 aliphatic heterocycles. The van der Waals surface area contributed by atoms with E-state index in [2.05, 4.69) is 15.1 Å². The molecule has 4 nitrogen and oxygen atoms in total. The average molecular weight is 233 g/mol. The van der Waals surface area contributed by atoms with Gasteiger partial charge in [0.2, 0.25) is 0 Å². The summed E-state index contributed by atoms with van der Waals surface area (Å²) in [4.78, 5) is 7.24. The van der Waals surface area contributed by atoms with Crippen molar-refractivity contribution in [3.8, 4) is 11.5 Å². The molecule has 3 rings (SSSR count). The van der Waals surface area contributed by atoms with Gasteiger partial charge in [0.15, 0.2) is 5.82 Å². The van der Waals surface area contributed by atoms with E-state index in [1.807, 2.05) is 25.2 Å². The van der Waals surface area contributed by atoms with Crippen molar-refractivity contribution in [3.05, 3.63) is 35.6 Å². The predicted molar refractivity (Wildman–Crippen MR) is 63.3 cm³/mol. The second-order valence-electron chi connectivity index (χ2n) is 3.54. The molecule has 2 aromatic heterocycles. The van der Waals surface area contributed by atoms with Gasteiger partial charge < -0.3 is 4.98 Å². The number of fused-ring (bicyclic) bond motifs is 1. The van der Waals surface area contributed by atoms with E-state index in [0.29, 0.717) is 5.02 Å². The van der Waals surface area contributed by atoms with Crippen LogP contribution in [0.15, 0.2) is 30.6 Å². The van der Waals surface area contributed by atoms with Crippen molar-refractivity contribution in [3.63, 3.8) is 0 Å². The first-order valence-corrected chi connectivity index (χ1v) is 5.26. The average Bonchev–Trinajstić information content (AvgIpc) is 2.87. The maximum absolute atomic E-state index is 6.20. The van der Waals surface area contributed by atoms with Crippen molar-refractivity contribution < 1.29 is 0 Å². The van der Waals surface area contributed by atoms with Crippen LogP contribution in [0.5, 0.6) is 0 Å². The van der Waals surface area contributed by atoms with Gasteiger partial charge in [0.25, 0.3) is 0 Å². The summed E-state index contributed by atoms with van der Waals surface area (Å²) in [5, 5.41) is 6.06. The van der Waals surface area contributed by atoms with Crippen molar-refractivity contribution in [2.45, 2.75) is 0 Å². The lowest BCUT2D eigenvalue weighted by molar-refractivity contribution is 0.798. The molecule has 0 spiro atoms. The Bertz CT molecular complexity index is 639. The van der Waals surface area contributed by atoms with Gasteiger partial charge in [0.1, 0.15) is 5.69 Å². The molecule has 1 aromatic carbocycles. The number of rotatable bonds is 1. The van der Waals surface area contributed by atoms with Crippen molar-refractivity contribution in [1.29, 1.82) is 0 Å². The zero-order chi connectivity index (χ0) is 11.1. The molecule has 0 amide bonds. The van der Waals surface area contributed by atoms with Crippen LogP contribution < -0.4 is 0 Å². The summed E-state index contributed by atoms with van der Waals surface area (Å²) >= 11 is 6.20. The van der Waals surface area contributed by atoms with Gasteiger partial charge in [0.05, 0.1) is 10.5 Å². The number of nitrogens with zero attached hydrogens (tertiary/aromatic N) is 3. The molecule has 1 N–H and O–H groups in total. The van der Waals surface area contributed by atoms with E-state index in [1.165, 1.54) is 0 Å². The van der Waals surface area contributed by atoms with Crippen LogP contribution >= 0.6 is 11.6 Å². The number of H-pyrrole nitrogens is 1. The molecule has 0 aliphatic carbocycles. The molecule has 0 saturated carbocycles. The number of hydrogen-bond acceptors (Lipinski definition) is 2. The van der Waals surface area contributed by atoms with Crippen LogP contribution in [0.25, 0.3) is 22.4 Å². The zero-order valence-corrected chi connectivity index (χ0v) is 9.36. The quantitative estimate of drug-likeness (QED) is 0.701. The lowest BCUT2D eigenvalue weighted by Gasteiger charge is -1.95. The third-order valence-electron chi connectivity index (χ3n) is 2.55. The summed E-state index contributed by atoms with van der Waals surface area (Å²) in [5.41, 5.74) is 1.78. The topological polar surface area (TPSA) is 46.5 Å². The molecule has 0 bridgehead atoms. The Balaban J connectivity index is 2.42. The second kappa shape index (κ2) is 3.35. The standard InChI is InChI=1S/C11H9ClN4/c1-16-8-4-2-3-7(12)9(8)10(15-16)11-13-5-6-14-11/h2-6H,1H3,(H,13,14). The molecule has 0 atom stereocenters. The number of nitrogens with one attached hydrogen (secondary N) is 1. The summed E-state index contributed by atoms with van der Waals surface area (Å²) in [6, 6.07) is 5.76. The number of halogens is 1.